The highest BCUT2D eigenvalue weighted by Crippen LogP contribution is 2.22. The monoisotopic (exact) mass is 436 g/mol. The molecule has 6 heteroatoms. The van der Waals surface area contributed by atoms with Gasteiger partial charge in [-0.3, -0.25) is 19.8 Å². The minimum absolute atomic E-state index is 0.0400. The normalized spacial score (nSPS) is 15.3. The van der Waals surface area contributed by atoms with E-state index in [1.54, 1.807) is 18.2 Å². The highest BCUT2D eigenvalue weighted by Gasteiger charge is 2.34. The molecule has 0 aromatic heterocycles. The van der Waals surface area contributed by atoms with E-state index in [9.17, 15) is 9.59 Å². The lowest BCUT2D eigenvalue weighted by Crippen LogP contribution is -2.54. The molecule has 2 aromatic carbocycles. The number of nitrogens with zero attached hydrogens (tertiary/aromatic N) is 1. The second-order valence-electron chi connectivity index (χ2n) is 7.48. The Morgan fingerprint density at radius 1 is 0.935 bits per heavy atom. The van der Waals surface area contributed by atoms with Crippen molar-refractivity contribution in [2.24, 2.45) is 0 Å². The fraction of sp³-hybridized carbons (Fsp3) is 0.320. The fourth-order valence-electron chi connectivity index (χ4n) is 3.37. The molecule has 31 heavy (non-hydrogen) atoms. The predicted molar refractivity (Wildman–Crippen MR) is 128 cm³/mol. The zero-order valence-electron chi connectivity index (χ0n) is 17.8. The molecule has 1 N–H and O–H groups in total. The summed E-state index contributed by atoms with van der Waals surface area (Å²) in [5.41, 5.74) is 1.39. The van der Waals surface area contributed by atoms with Crippen LogP contribution in [0.25, 0.3) is 6.08 Å². The lowest BCUT2D eigenvalue weighted by Gasteiger charge is -2.28. The van der Waals surface area contributed by atoms with Crippen LogP contribution in [0, 0.1) is 0 Å². The third-order valence-electron chi connectivity index (χ3n) is 5.07. The maximum Gasteiger partial charge on any atom is 0.270 e. The second-order valence-corrected chi connectivity index (χ2v) is 7.87. The number of amides is 2. The number of unbranched alkanes of at least 4 members (excludes halogenated alkanes) is 5. The maximum atomic E-state index is 13.0. The number of hydrogen-bond donors (Lipinski definition) is 1. The van der Waals surface area contributed by atoms with Gasteiger partial charge >= 0.3 is 0 Å². The minimum atomic E-state index is -0.495. The van der Waals surface area contributed by atoms with E-state index in [0.717, 1.165) is 17.7 Å². The van der Waals surface area contributed by atoms with Crippen LogP contribution in [0.2, 0.25) is 0 Å². The first-order valence-electron chi connectivity index (χ1n) is 10.8. The van der Waals surface area contributed by atoms with Crippen LogP contribution in [-0.4, -0.2) is 23.5 Å². The van der Waals surface area contributed by atoms with Gasteiger partial charge in [0.2, 0.25) is 0 Å². The zero-order chi connectivity index (χ0) is 22.1. The molecule has 0 bridgehead atoms. The third-order valence-corrected chi connectivity index (χ3v) is 5.36. The van der Waals surface area contributed by atoms with Crippen LogP contribution in [0.3, 0.4) is 0 Å². The number of rotatable bonds is 10. The standard InChI is InChI=1S/C25H28N2O3S/c1-2-3-4-5-6-10-17-30-21-15-13-19(14-16-21)18-22-23(28)26-25(31)27(24(22)29)20-11-8-7-9-12-20/h7-9,11-16,18H,2-6,10,17H2,1H3,(H,26,28,31)/b22-18-. The average molecular weight is 437 g/mol. The largest absolute Gasteiger partial charge is 0.494 e. The lowest BCUT2D eigenvalue weighted by atomic mass is 10.1. The van der Waals surface area contributed by atoms with Gasteiger partial charge in [0.25, 0.3) is 11.8 Å². The SMILES string of the molecule is CCCCCCCCOc1ccc(/C=C2/C(=O)NC(=S)N(c3ccccc3)C2=O)cc1. The molecular weight excluding hydrogens is 408 g/mol. The van der Waals surface area contributed by atoms with Crippen LogP contribution in [0.5, 0.6) is 5.75 Å². The van der Waals surface area contributed by atoms with Crippen molar-refractivity contribution in [2.75, 3.05) is 11.5 Å². The molecule has 2 aromatic rings. The molecule has 0 unspecified atom stereocenters. The molecule has 0 saturated carbocycles. The summed E-state index contributed by atoms with van der Waals surface area (Å²) in [6, 6.07) is 16.4. The molecule has 5 nitrogen and oxygen atoms in total. The smallest absolute Gasteiger partial charge is 0.270 e. The first-order valence-corrected chi connectivity index (χ1v) is 11.2. The molecule has 1 aliphatic heterocycles. The molecule has 3 rings (SSSR count). The Kier molecular flexibility index (Phi) is 8.35. The van der Waals surface area contributed by atoms with Gasteiger partial charge in [0.1, 0.15) is 11.3 Å². The lowest BCUT2D eigenvalue weighted by molar-refractivity contribution is -0.122. The number of hydrogen-bond acceptors (Lipinski definition) is 4. The van der Waals surface area contributed by atoms with Crippen LogP contribution in [-0.2, 0) is 9.59 Å². The molecule has 1 fully saturated rings. The van der Waals surface area contributed by atoms with Crippen LogP contribution in [0.15, 0.2) is 60.2 Å². The number of ether oxygens (including phenoxy) is 1. The van der Waals surface area contributed by atoms with Crippen molar-refractivity contribution in [1.82, 2.24) is 5.32 Å². The molecular formula is C25H28N2O3S. The van der Waals surface area contributed by atoms with E-state index in [1.165, 1.54) is 37.0 Å². The summed E-state index contributed by atoms with van der Waals surface area (Å²) in [6.45, 7) is 2.91. The van der Waals surface area contributed by atoms with Crippen molar-refractivity contribution < 1.29 is 14.3 Å². The van der Waals surface area contributed by atoms with E-state index in [4.69, 9.17) is 17.0 Å². The van der Waals surface area contributed by atoms with E-state index in [1.807, 2.05) is 42.5 Å². The Morgan fingerprint density at radius 2 is 1.61 bits per heavy atom. The molecule has 1 aliphatic rings. The maximum absolute atomic E-state index is 13.0. The summed E-state index contributed by atoms with van der Waals surface area (Å²) in [5.74, 6) is -0.156. The van der Waals surface area contributed by atoms with Gasteiger partial charge < -0.3 is 4.74 Å². The van der Waals surface area contributed by atoms with Crippen LogP contribution >= 0.6 is 12.2 Å². The quantitative estimate of drug-likeness (QED) is 0.239. The van der Waals surface area contributed by atoms with Crippen molar-refractivity contribution in [3.63, 3.8) is 0 Å². The topological polar surface area (TPSA) is 58.6 Å². The summed E-state index contributed by atoms with van der Waals surface area (Å²) in [4.78, 5) is 26.7. The summed E-state index contributed by atoms with van der Waals surface area (Å²) in [5, 5.41) is 2.68. The van der Waals surface area contributed by atoms with Gasteiger partial charge in [-0.15, -0.1) is 0 Å². The van der Waals surface area contributed by atoms with Gasteiger partial charge in [0.05, 0.1) is 12.3 Å². The van der Waals surface area contributed by atoms with Crippen molar-refractivity contribution in [2.45, 2.75) is 45.4 Å². The zero-order valence-corrected chi connectivity index (χ0v) is 18.6. The number of nitrogens with one attached hydrogen (secondary N) is 1. The second kappa shape index (κ2) is 11.4. The first kappa shape index (κ1) is 22.7. The van der Waals surface area contributed by atoms with Gasteiger partial charge in [0.15, 0.2) is 5.11 Å². The number of para-hydroxylation sites is 1. The number of benzene rings is 2. The summed E-state index contributed by atoms with van der Waals surface area (Å²) in [6.07, 6.45) is 8.89. The molecule has 1 saturated heterocycles. The van der Waals surface area contributed by atoms with Crippen molar-refractivity contribution in [3.05, 3.63) is 65.7 Å². The van der Waals surface area contributed by atoms with E-state index in [0.29, 0.717) is 12.3 Å². The number of anilines is 1. The molecule has 1 heterocycles. The van der Waals surface area contributed by atoms with Crippen molar-refractivity contribution in [1.29, 1.82) is 0 Å². The molecule has 0 atom stereocenters. The van der Waals surface area contributed by atoms with Gasteiger partial charge in [-0.1, -0.05) is 69.4 Å². The molecule has 0 spiro atoms. The molecule has 162 valence electrons. The van der Waals surface area contributed by atoms with Crippen LogP contribution in [0.4, 0.5) is 5.69 Å². The highest BCUT2D eigenvalue weighted by atomic mass is 32.1. The van der Waals surface area contributed by atoms with Gasteiger partial charge in [-0.2, -0.15) is 0 Å². The number of carbonyl (C=O) groups excluding carboxylic acids is 2. The van der Waals surface area contributed by atoms with Crippen molar-refractivity contribution >= 4 is 40.9 Å². The minimum Gasteiger partial charge on any atom is -0.494 e. The van der Waals surface area contributed by atoms with Gasteiger partial charge in [-0.25, -0.2) is 0 Å². The summed E-state index contributed by atoms with van der Waals surface area (Å²) in [7, 11) is 0. The molecule has 0 aliphatic carbocycles. The van der Waals surface area contributed by atoms with Crippen LogP contribution < -0.4 is 15.0 Å². The van der Waals surface area contributed by atoms with Gasteiger partial charge in [-0.05, 0) is 54.5 Å². The van der Waals surface area contributed by atoms with Crippen molar-refractivity contribution in [3.8, 4) is 5.75 Å². The van der Waals surface area contributed by atoms with E-state index < -0.39 is 11.8 Å². The number of carbonyl (C=O) groups is 2. The Balaban J connectivity index is 1.62. The predicted octanol–water partition coefficient (Wildman–Crippen LogP) is 5.26. The number of thiocarbonyl (C=S) groups is 1. The summed E-state index contributed by atoms with van der Waals surface area (Å²) < 4.78 is 5.80. The highest BCUT2D eigenvalue weighted by molar-refractivity contribution is 7.80. The molecule has 2 amide bonds. The van der Waals surface area contributed by atoms with Gasteiger partial charge in [0, 0.05) is 0 Å². The Morgan fingerprint density at radius 3 is 2.32 bits per heavy atom. The Bertz CT molecular complexity index is 939. The van der Waals surface area contributed by atoms with E-state index >= 15 is 0 Å². The first-order chi connectivity index (χ1) is 15.1. The summed E-state index contributed by atoms with van der Waals surface area (Å²) >= 11 is 5.21. The average Bonchev–Trinajstić information content (AvgIpc) is 2.77. The fourth-order valence-corrected chi connectivity index (χ4v) is 3.65. The van der Waals surface area contributed by atoms with E-state index in [-0.39, 0.29) is 10.7 Å². The van der Waals surface area contributed by atoms with E-state index in [2.05, 4.69) is 12.2 Å². The molecule has 0 radical (unpaired) electrons. The van der Waals surface area contributed by atoms with Crippen LogP contribution in [0.1, 0.15) is 51.0 Å². The third kappa shape index (κ3) is 6.25. The Hall–Kier alpha value is -2.99. The Labute approximate surface area is 189 Å².